The Bertz CT molecular complexity index is 327. The molecular formula is C12H18N2O. The monoisotopic (exact) mass is 206 g/mol. The molecule has 0 aromatic heterocycles. The van der Waals surface area contributed by atoms with E-state index in [1.54, 1.807) is 0 Å². The minimum absolute atomic E-state index is 0.496. The van der Waals surface area contributed by atoms with Crippen LogP contribution in [0.2, 0.25) is 0 Å². The average molecular weight is 206 g/mol. The highest BCUT2D eigenvalue weighted by Crippen LogP contribution is 2.26. The van der Waals surface area contributed by atoms with Gasteiger partial charge in [0, 0.05) is 6.54 Å². The van der Waals surface area contributed by atoms with E-state index in [2.05, 4.69) is 41.1 Å². The quantitative estimate of drug-likeness (QED) is 0.762. The lowest BCUT2D eigenvalue weighted by Crippen LogP contribution is -2.13. The van der Waals surface area contributed by atoms with Crippen molar-refractivity contribution in [2.24, 2.45) is 5.90 Å². The Balaban J connectivity index is 2.10. The van der Waals surface area contributed by atoms with Crippen LogP contribution in [0.25, 0.3) is 0 Å². The second kappa shape index (κ2) is 4.75. The second-order valence-corrected chi connectivity index (χ2v) is 4.30. The Labute approximate surface area is 90.8 Å². The number of nitrogens with two attached hydrogens (primary N) is 1. The molecule has 15 heavy (non-hydrogen) atoms. The van der Waals surface area contributed by atoms with Crippen molar-refractivity contribution >= 4 is 0 Å². The summed E-state index contributed by atoms with van der Waals surface area (Å²) in [7, 11) is 2.17. The van der Waals surface area contributed by atoms with Gasteiger partial charge in [-0.05, 0) is 37.1 Å². The van der Waals surface area contributed by atoms with E-state index >= 15 is 0 Å². The van der Waals surface area contributed by atoms with Gasteiger partial charge in [-0.1, -0.05) is 24.3 Å². The largest absolute Gasteiger partial charge is 0.306 e. The lowest BCUT2D eigenvalue weighted by molar-refractivity contribution is 0.124. The molecule has 1 saturated heterocycles. The molecule has 0 radical (unpaired) electrons. The van der Waals surface area contributed by atoms with E-state index in [1.807, 2.05) is 0 Å². The van der Waals surface area contributed by atoms with Gasteiger partial charge in [0.25, 0.3) is 0 Å². The number of nitrogens with zero attached hydrogens (tertiary/aromatic N) is 1. The number of benzene rings is 1. The van der Waals surface area contributed by atoms with Gasteiger partial charge in [0.15, 0.2) is 0 Å². The zero-order chi connectivity index (χ0) is 10.7. The van der Waals surface area contributed by atoms with Gasteiger partial charge in [0.05, 0.1) is 6.61 Å². The molecular weight excluding hydrogens is 188 g/mol. The average Bonchev–Trinajstić information content (AvgIpc) is 2.66. The number of likely N-dealkylation sites (tertiary alicyclic amines) is 1. The predicted molar refractivity (Wildman–Crippen MR) is 60.3 cm³/mol. The Morgan fingerprint density at radius 1 is 1.53 bits per heavy atom. The van der Waals surface area contributed by atoms with Gasteiger partial charge in [0.1, 0.15) is 0 Å². The molecule has 0 amide bonds. The summed E-state index contributed by atoms with van der Waals surface area (Å²) in [6, 6.07) is 8.54. The standard InChI is InChI=1S/C12H18N2O/c1-14-6-5-12(8-14)11-4-2-3-10(7-11)9-15-13/h2-4,7,12H,5-6,8-9,13H2,1H3. The number of hydrogen-bond acceptors (Lipinski definition) is 3. The van der Waals surface area contributed by atoms with Gasteiger partial charge in [0.2, 0.25) is 0 Å². The third-order valence-corrected chi connectivity index (χ3v) is 3.06. The van der Waals surface area contributed by atoms with Gasteiger partial charge in [-0.25, -0.2) is 5.90 Å². The smallest absolute Gasteiger partial charge is 0.0930 e. The van der Waals surface area contributed by atoms with Gasteiger partial charge in [-0.3, -0.25) is 4.84 Å². The molecule has 0 aliphatic carbocycles. The van der Waals surface area contributed by atoms with Gasteiger partial charge in [-0.2, -0.15) is 0 Å². The predicted octanol–water partition coefficient (Wildman–Crippen LogP) is 1.50. The summed E-state index contributed by atoms with van der Waals surface area (Å²) in [4.78, 5) is 7.03. The molecule has 3 nitrogen and oxygen atoms in total. The van der Waals surface area contributed by atoms with Crippen LogP contribution in [0.1, 0.15) is 23.5 Å². The lowest BCUT2D eigenvalue weighted by atomic mass is 9.97. The van der Waals surface area contributed by atoms with E-state index in [-0.39, 0.29) is 0 Å². The molecule has 1 aromatic rings. The molecule has 1 atom stereocenters. The Morgan fingerprint density at radius 2 is 2.40 bits per heavy atom. The number of rotatable bonds is 3. The highest BCUT2D eigenvalue weighted by Gasteiger charge is 2.20. The summed E-state index contributed by atoms with van der Waals surface area (Å²) in [6.45, 7) is 2.85. The summed E-state index contributed by atoms with van der Waals surface area (Å²) >= 11 is 0. The molecule has 0 spiro atoms. The third-order valence-electron chi connectivity index (χ3n) is 3.06. The van der Waals surface area contributed by atoms with Crippen LogP contribution in [-0.4, -0.2) is 25.0 Å². The minimum atomic E-state index is 0.496. The zero-order valence-electron chi connectivity index (χ0n) is 9.15. The SMILES string of the molecule is CN1CCC(c2cccc(CON)c2)C1. The van der Waals surface area contributed by atoms with E-state index in [0.717, 1.165) is 12.1 Å². The summed E-state index contributed by atoms with van der Waals surface area (Å²) in [6.07, 6.45) is 1.25. The number of hydrogen-bond donors (Lipinski definition) is 1. The molecule has 0 bridgehead atoms. The first-order valence-electron chi connectivity index (χ1n) is 5.38. The maximum atomic E-state index is 5.08. The lowest BCUT2D eigenvalue weighted by Gasteiger charge is -2.11. The molecule has 1 aliphatic rings. The van der Waals surface area contributed by atoms with E-state index in [0.29, 0.717) is 12.5 Å². The van der Waals surface area contributed by atoms with E-state index in [1.165, 1.54) is 18.5 Å². The van der Waals surface area contributed by atoms with E-state index in [4.69, 9.17) is 5.90 Å². The fraction of sp³-hybridized carbons (Fsp3) is 0.500. The minimum Gasteiger partial charge on any atom is -0.306 e. The number of likely N-dealkylation sites (N-methyl/N-ethyl adjacent to an activating group) is 1. The first kappa shape index (κ1) is 10.6. The maximum absolute atomic E-state index is 5.08. The second-order valence-electron chi connectivity index (χ2n) is 4.30. The third kappa shape index (κ3) is 2.56. The van der Waals surface area contributed by atoms with Crippen LogP contribution in [0, 0.1) is 0 Å². The molecule has 1 heterocycles. The molecule has 3 heteroatoms. The summed E-state index contributed by atoms with van der Waals surface area (Å²) < 4.78 is 0. The van der Waals surface area contributed by atoms with Crippen molar-refractivity contribution in [2.45, 2.75) is 18.9 Å². The first-order chi connectivity index (χ1) is 7.29. The molecule has 1 aliphatic heterocycles. The molecule has 0 saturated carbocycles. The van der Waals surface area contributed by atoms with Gasteiger partial charge < -0.3 is 4.90 Å². The van der Waals surface area contributed by atoms with E-state index in [9.17, 15) is 0 Å². The maximum Gasteiger partial charge on any atom is 0.0930 e. The van der Waals surface area contributed by atoms with Crippen LogP contribution in [0.15, 0.2) is 24.3 Å². The first-order valence-corrected chi connectivity index (χ1v) is 5.38. The molecule has 2 N–H and O–H groups in total. The molecule has 82 valence electrons. The van der Waals surface area contributed by atoms with E-state index < -0.39 is 0 Å². The van der Waals surface area contributed by atoms with Gasteiger partial charge >= 0.3 is 0 Å². The van der Waals surface area contributed by atoms with Crippen molar-refractivity contribution in [3.8, 4) is 0 Å². The van der Waals surface area contributed by atoms with Crippen molar-refractivity contribution in [1.29, 1.82) is 0 Å². The van der Waals surface area contributed by atoms with Crippen LogP contribution in [-0.2, 0) is 11.4 Å². The van der Waals surface area contributed by atoms with Crippen LogP contribution in [0.3, 0.4) is 0 Å². The van der Waals surface area contributed by atoms with Crippen molar-refractivity contribution in [2.75, 3.05) is 20.1 Å². The molecule has 1 fully saturated rings. The summed E-state index contributed by atoms with van der Waals surface area (Å²) in [5.41, 5.74) is 2.57. The fourth-order valence-corrected chi connectivity index (χ4v) is 2.24. The topological polar surface area (TPSA) is 38.5 Å². The molecule has 1 aromatic carbocycles. The van der Waals surface area contributed by atoms with Crippen molar-refractivity contribution < 1.29 is 4.84 Å². The highest BCUT2D eigenvalue weighted by molar-refractivity contribution is 5.27. The van der Waals surface area contributed by atoms with Crippen LogP contribution < -0.4 is 5.90 Å². The van der Waals surface area contributed by atoms with Crippen LogP contribution >= 0.6 is 0 Å². The normalized spacial score (nSPS) is 22.1. The molecule has 1 unspecified atom stereocenters. The van der Waals surface area contributed by atoms with Crippen molar-refractivity contribution in [1.82, 2.24) is 4.90 Å². The van der Waals surface area contributed by atoms with Crippen LogP contribution in [0.5, 0.6) is 0 Å². The molecule has 2 rings (SSSR count). The Morgan fingerprint density at radius 3 is 3.07 bits per heavy atom. The highest BCUT2D eigenvalue weighted by atomic mass is 16.6. The Hall–Kier alpha value is -0.900. The van der Waals surface area contributed by atoms with Crippen molar-refractivity contribution in [3.05, 3.63) is 35.4 Å². The van der Waals surface area contributed by atoms with Crippen LogP contribution in [0.4, 0.5) is 0 Å². The summed E-state index contributed by atoms with van der Waals surface area (Å²) in [5, 5.41) is 0. The fourth-order valence-electron chi connectivity index (χ4n) is 2.24. The van der Waals surface area contributed by atoms with Crippen molar-refractivity contribution in [3.63, 3.8) is 0 Å². The Kier molecular flexibility index (Phi) is 3.36. The van der Waals surface area contributed by atoms with Gasteiger partial charge in [-0.15, -0.1) is 0 Å². The summed E-state index contributed by atoms with van der Waals surface area (Å²) in [5.74, 6) is 5.75. The zero-order valence-corrected chi connectivity index (χ0v) is 9.15.